The molecule has 0 aliphatic carbocycles. The van der Waals surface area contributed by atoms with E-state index in [1.54, 1.807) is 0 Å². The zero-order chi connectivity index (χ0) is 21.0. The predicted octanol–water partition coefficient (Wildman–Crippen LogP) is 3.50. The van der Waals surface area contributed by atoms with Gasteiger partial charge in [0.15, 0.2) is 5.78 Å². The maximum absolute atomic E-state index is 12.4. The fourth-order valence-electron chi connectivity index (χ4n) is 2.51. The SMILES string of the molecule is O=C(C=Cc1cc(O)ccc1O)c1cccc(NS(=O)(=O)c2ccc(O)cc2)c1. The number of carbonyl (C=O) groups excluding carboxylic acids is 1. The molecule has 3 rings (SSSR count). The van der Waals surface area contributed by atoms with Crippen LogP contribution in [0.2, 0.25) is 0 Å². The Bertz CT molecular complexity index is 1180. The molecule has 0 atom stereocenters. The standard InChI is InChI=1S/C21H17NO6S/c23-17-5-8-19(9-6-17)29(27,28)22-16-3-1-2-14(12-16)20(25)10-4-15-13-18(24)7-11-21(15)26/h1-13,22-24,26H. The zero-order valence-electron chi connectivity index (χ0n) is 15.0. The molecule has 0 spiro atoms. The Morgan fingerprint density at radius 3 is 2.28 bits per heavy atom. The Morgan fingerprint density at radius 1 is 0.862 bits per heavy atom. The first-order valence-corrected chi connectivity index (χ1v) is 9.89. The fourth-order valence-corrected chi connectivity index (χ4v) is 3.56. The number of phenols is 3. The molecule has 0 unspecified atom stereocenters. The molecule has 0 bridgehead atoms. The van der Waals surface area contributed by atoms with Crippen molar-refractivity contribution in [3.63, 3.8) is 0 Å². The van der Waals surface area contributed by atoms with Crippen molar-refractivity contribution < 1.29 is 28.5 Å². The van der Waals surface area contributed by atoms with Crippen LogP contribution in [0.25, 0.3) is 6.08 Å². The number of benzene rings is 3. The number of aromatic hydroxyl groups is 3. The van der Waals surface area contributed by atoms with Gasteiger partial charge in [-0.1, -0.05) is 12.1 Å². The molecule has 0 amide bonds. The van der Waals surface area contributed by atoms with Crippen molar-refractivity contribution in [1.82, 2.24) is 0 Å². The molecule has 0 aliphatic heterocycles. The molecular formula is C21H17NO6S. The van der Waals surface area contributed by atoms with E-state index in [0.29, 0.717) is 0 Å². The van der Waals surface area contributed by atoms with E-state index < -0.39 is 15.8 Å². The highest BCUT2D eigenvalue weighted by Crippen LogP contribution is 2.24. The first kappa shape index (κ1) is 20.0. The Kier molecular flexibility index (Phi) is 5.56. The Morgan fingerprint density at radius 2 is 1.55 bits per heavy atom. The van der Waals surface area contributed by atoms with E-state index in [9.17, 15) is 28.5 Å². The summed E-state index contributed by atoms with van der Waals surface area (Å²) in [5.74, 6) is -0.623. The van der Waals surface area contributed by atoms with E-state index in [1.807, 2.05) is 0 Å². The van der Waals surface area contributed by atoms with Gasteiger partial charge in [-0.2, -0.15) is 0 Å². The van der Waals surface area contributed by atoms with Crippen molar-refractivity contribution in [3.8, 4) is 17.2 Å². The summed E-state index contributed by atoms with van der Waals surface area (Å²) in [5, 5.41) is 28.5. The van der Waals surface area contributed by atoms with Crippen molar-refractivity contribution >= 4 is 27.6 Å². The number of phenolic OH excluding ortho intramolecular Hbond substituents is 3. The van der Waals surface area contributed by atoms with Gasteiger partial charge in [-0.05, 0) is 66.7 Å². The third-order valence-corrected chi connectivity index (χ3v) is 5.37. The summed E-state index contributed by atoms with van der Waals surface area (Å²) in [6.07, 6.45) is 2.56. The van der Waals surface area contributed by atoms with Crippen molar-refractivity contribution in [2.24, 2.45) is 0 Å². The molecule has 0 heterocycles. The van der Waals surface area contributed by atoms with Crippen molar-refractivity contribution in [3.05, 3.63) is 83.9 Å². The minimum atomic E-state index is -3.89. The molecule has 0 aliphatic rings. The van der Waals surface area contributed by atoms with Crippen LogP contribution in [0, 0.1) is 0 Å². The van der Waals surface area contributed by atoms with Crippen LogP contribution in [0.15, 0.2) is 77.7 Å². The highest BCUT2D eigenvalue weighted by molar-refractivity contribution is 7.92. The van der Waals surface area contributed by atoms with Crippen LogP contribution in [-0.4, -0.2) is 29.5 Å². The predicted molar refractivity (Wildman–Crippen MR) is 108 cm³/mol. The summed E-state index contributed by atoms with van der Waals surface area (Å²) in [4.78, 5) is 12.4. The van der Waals surface area contributed by atoms with Gasteiger partial charge in [0.1, 0.15) is 17.2 Å². The highest BCUT2D eigenvalue weighted by Gasteiger charge is 2.15. The van der Waals surface area contributed by atoms with Crippen LogP contribution >= 0.6 is 0 Å². The number of rotatable bonds is 6. The highest BCUT2D eigenvalue weighted by atomic mass is 32.2. The number of allylic oxidation sites excluding steroid dienone is 1. The lowest BCUT2D eigenvalue weighted by molar-refractivity contribution is 0.104. The van der Waals surface area contributed by atoms with Crippen LogP contribution in [-0.2, 0) is 10.0 Å². The first-order chi connectivity index (χ1) is 13.7. The van der Waals surface area contributed by atoms with E-state index in [1.165, 1.54) is 78.9 Å². The minimum Gasteiger partial charge on any atom is -0.508 e. The lowest BCUT2D eigenvalue weighted by atomic mass is 10.1. The number of hydrogen-bond donors (Lipinski definition) is 4. The third kappa shape index (κ3) is 4.94. The molecule has 3 aromatic carbocycles. The van der Waals surface area contributed by atoms with E-state index in [4.69, 9.17) is 0 Å². The normalized spacial score (nSPS) is 11.4. The first-order valence-electron chi connectivity index (χ1n) is 8.41. The molecule has 148 valence electrons. The lowest BCUT2D eigenvalue weighted by Crippen LogP contribution is -2.13. The number of hydrogen-bond acceptors (Lipinski definition) is 6. The third-order valence-electron chi connectivity index (χ3n) is 3.97. The summed E-state index contributed by atoms with van der Waals surface area (Å²) in [6, 6.07) is 14.9. The van der Waals surface area contributed by atoms with Gasteiger partial charge in [-0.3, -0.25) is 9.52 Å². The van der Waals surface area contributed by atoms with E-state index in [2.05, 4.69) is 4.72 Å². The number of anilines is 1. The minimum absolute atomic E-state index is 0.0358. The van der Waals surface area contributed by atoms with Gasteiger partial charge in [-0.25, -0.2) is 8.42 Å². The van der Waals surface area contributed by atoms with Gasteiger partial charge in [0.05, 0.1) is 4.90 Å². The average molecular weight is 411 g/mol. The molecule has 0 radical (unpaired) electrons. The van der Waals surface area contributed by atoms with Crippen LogP contribution in [0.1, 0.15) is 15.9 Å². The monoisotopic (exact) mass is 411 g/mol. The smallest absolute Gasteiger partial charge is 0.261 e. The Labute approximate surface area is 167 Å². The lowest BCUT2D eigenvalue weighted by Gasteiger charge is -2.09. The zero-order valence-corrected chi connectivity index (χ0v) is 15.8. The van der Waals surface area contributed by atoms with Crippen LogP contribution in [0.3, 0.4) is 0 Å². The fraction of sp³-hybridized carbons (Fsp3) is 0. The van der Waals surface area contributed by atoms with Gasteiger partial charge in [-0.15, -0.1) is 0 Å². The van der Waals surface area contributed by atoms with Crippen molar-refractivity contribution in [1.29, 1.82) is 0 Å². The van der Waals surface area contributed by atoms with Crippen LogP contribution < -0.4 is 4.72 Å². The Hall–Kier alpha value is -3.78. The molecular weight excluding hydrogens is 394 g/mol. The van der Waals surface area contributed by atoms with Crippen LogP contribution in [0.4, 0.5) is 5.69 Å². The molecule has 4 N–H and O–H groups in total. The van der Waals surface area contributed by atoms with Gasteiger partial charge in [0.2, 0.25) is 0 Å². The second-order valence-electron chi connectivity index (χ2n) is 6.12. The van der Waals surface area contributed by atoms with Crippen molar-refractivity contribution in [2.75, 3.05) is 4.72 Å². The van der Waals surface area contributed by atoms with E-state index in [0.717, 1.165) is 0 Å². The molecule has 8 heteroatoms. The molecule has 0 aromatic heterocycles. The number of sulfonamides is 1. The second-order valence-corrected chi connectivity index (χ2v) is 7.80. The molecule has 0 fully saturated rings. The maximum Gasteiger partial charge on any atom is 0.261 e. The van der Waals surface area contributed by atoms with Crippen LogP contribution in [0.5, 0.6) is 17.2 Å². The topological polar surface area (TPSA) is 124 Å². The number of nitrogens with one attached hydrogen (secondary N) is 1. The molecule has 0 saturated heterocycles. The average Bonchev–Trinajstić information content (AvgIpc) is 2.68. The maximum atomic E-state index is 12.4. The molecule has 29 heavy (non-hydrogen) atoms. The molecule has 3 aromatic rings. The van der Waals surface area contributed by atoms with Gasteiger partial charge in [0.25, 0.3) is 10.0 Å². The summed E-state index contributed by atoms with van der Waals surface area (Å²) >= 11 is 0. The van der Waals surface area contributed by atoms with Gasteiger partial charge in [0, 0.05) is 16.8 Å². The summed E-state index contributed by atoms with van der Waals surface area (Å²) in [5.41, 5.74) is 0.687. The molecule has 0 saturated carbocycles. The van der Waals surface area contributed by atoms with E-state index in [-0.39, 0.29) is 39.0 Å². The molecule has 7 nitrogen and oxygen atoms in total. The van der Waals surface area contributed by atoms with Gasteiger partial charge >= 0.3 is 0 Å². The summed E-state index contributed by atoms with van der Waals surface area (Å²) in [7, 11) is -3.89. The second kappa shape index (κ2) is 8.07. The quantitative estimate of drug-likeness (QED) is 0.280. The summed E-state index contributed by atoms with van der Waals surface area (Å²) in [6.45, 7) is 0. The number of ketones is 1. The van der Waals surface area contributed by atoms with Crippen molar-refractivity contribution in [2.45, 2.75) is 4.90 Å². The largest absolute Gasteiger partial charge is 0.508 e. The van der Waals surface area contributed by atoms with Gasteiger partial charge < -0.3 is 15.3 Å². The van der Waals surface area contributed by atoms with E-state index >= 15 is 0 Å². The Balaban J connectivity index is 1.80. The number of carbonyl (C=O) groups is 1. The summed E-state index contributed by atoms with van der Waals surface area (Å²) < 4.78 is 27.2.